The molecule has 1 unspecified atom stereocenters. The highest BCUT2D eigenvalue weighted by Gasteiger charge is 2.39. The van der Waals surface area contributed by atoms with Gasteiger partial charge in [0, 0.05) is 31.2 Å². The van der Waals surface area contributed by atoms with Gasteiger partial charge < -0.3 is 14.8 Å². The number of halogens is 4. The van der Waals surface area contributed by atoms with Crippen LogP contribution in [0.4, 0.5) is 17.6 Å². The summed E-state index contributed by atoms with van der Waals surface area (Å²) >= 11 is 0. The highest BCUT2D eigenvalue weighted by atomic mass is 19.3. The number of nitrogens with zero attached hydrogens (tertiary/aromatic N) is 1. The van der Waals surface area contributed by atoms with Crippen molar-refractivity contribution in [1.29, 1.82) is 0 Å². The van der Waals surface area contributed by atoms with Crippen LogP contribution < -0.4 is 14.8 Å². The first-order valence-corrected chi connectivity index (χ1v) is 15.5. The molecule has 2 aliphatic heterocycles. The summed E-state index contributed by atoms with van der Waals surface area (Å²) in [6.07, 6.45) is 6.52. The number of alkyl halides is 2. The Balaban J connectivity index is 1.23. The molecule has 0 bridgehead atoms. The first kappa shape index (κ1) is 29.9. The molecule has 2 fully saturated rings. The molecule has 0 radical (unpaired) electrons. The zero-order chi connectivity index (χ0) is 30.0. The summed E-state index contributed by atoms with van der Waals surface area (Å²) in [6.45, 7) is 2.91. The second kappa shape index (κ2) is 12.5. The fourth-order valence-electron chi connectivity index (χ4n) is 7.21. The van der Waals surface area contributed by atoms with Gasteiger partial charge in [0.05, 0.1) is 18.7 Å². The van der Waals surface area contributed by atoms with E-state index in [9.17, 15) is 8.78 Å². The van der Waals surface area contributed by atoms with E-state index in [-0.39, 0.29) is 24.0 Å². The molecule has 2 heterocycles. The summed E-state index contributed by atoms with van der Waals surface area (Å²) in [5, 5.41) is 3.42. The van der Waals surface area contributed by atoms with Gasteiger partial charge in [0.25, 0.3) is 5.92 Å². The minimum Gasteiger partial charge on any atom is -0.490 e. The van der Waals surface area contributed by atoms with E-state index >= 15 is 8.78 Å². The van der Waals surface area contributed by atoms with Crippen LogP contribution in [0.1, 0.15) is 73.7 Å². The van der Waals surface area contributed by atoms with E-state index in [1.54, 1.807) is 12.1 Å². The molecule has 3 aromatic carbocycles. The van der Waals surface area contributed by atoms with Gasteiger partial charge in [0.1, 0.15) is 29.7 Å². The van der Waals surface area contributed by atoms with E-state index in [4.69, 9.17) is 9.47 Å². The van der Waals surface area contributed by atoms with Crippen LogP contribution >= 0.6 is 0 Å². The third-order valence-corrected chi connectivity index (χ3v) is 9.46. The number of benzene rings is 3. The van der Waals surface area contributed by atoms with E-state index < -0.39 is 30.1 Å². The van der Waals surface area contributed by atoms with E-state index in [0.29, 0.717) is 29.8 Å². The summed E-state index contributed by atoms with van der Waals surface area (Å²) in [4.78, 5) is 1.48. The SMILES string of the molecule is CC(F)(F)CN1CCc2cc(OCc3ccccc3)ccc2C1c1c(F)cc(OC2CCC3(CCNCC3)CC2)cc1F. The average Bonchev–Trinajstić information content (AvgIpc) is 2.98. The number of ether oxygens (including phenoxy) is 2. The van der Waals surface area contributed by atoms with E-state index in [1.807, 2.05) is 36.4 Å². The van der Waals surface area contributed by atoms with Crippen molar-refractivity contribution in [2.45, 2.75) is 76.5 Å². The lowest BCUT2D eigenvalue weighted by Gasteiger charge is -2.43. The standard InChI is InChI=1S/C35H40F4N2O2/c1-34(38,39)23-41-18-11-25-19-27(42-22-24-5-3-2-4-6-24)7-8-29(25)33(41)32-30(36)20-28(21-31(32)37)43-26-9-12-35(13-10-26)14-16-40-17-15-35/h2-8,19-21,26,33,40H,9-18,22-23H2,1H3. The predicted octanol–water partition coefficient (Wildman–Crippen LogP) is 7.84. The van der Waals surface area contributed by atoms with Gasteiger partial charge >= 0.3 is 0 Å². The number of nitrogens with one attached hydrogen (secondary N) is 1. The van der Waals surface area contributed by atoms with Crippen LogP contribution in [0, 0.1) is 17.0 Å². The van der Waals surface area contributed by atoms with Crippen molar-refractivity contribution in [3.05, 3.63) is 94.6 Å². The van der Waals surface area contributed by atoms with Crippen molar-refractivity contribution >= 4 is 0 Å². The molecule has 3 aromatic rings. The molecule has 4 nitrogen and oxygen atoms in total. The third-order valence-electron chi connectivity index (χ3n) is 9.46. The Labute approximate surface area is 251 Å². The lowest BCUT2D eigenvalue weighted by molar-refractivity contribution is -0.0246. The van der Waals surface area contributed by atoms with Gasteiger partial charge in [-0.05, 0) is 92.3 Å². The van der Waals surface area contributed by atoms with Gasteiger partial charge in [-0.1, -0.05) is 36.4 Å². The summed E-state index contributed by atoms with van der Waals surface area (Å²) in [7, 11) is 0. The van der Waals surface area contributed by atoms with Crippen LogP contribution in [0.2, 0.25) is 0 Å². The van der Waals surface area contributed by atoms with Gasteiger partial charge in [0.2, 0.25) is 0 Å². The molecule has 3 aliphatic rings. The largest absolute Gasteiger partial charge is 0.490 e. The second-order valence-electron chi connectivity index (χ2n) is 12.7. The Hall–Kier alpha value is -3.10. The van der Waals surface area contributed by atoms with Gasteiger partial charge in [-0.25, -0.2) is 17.6 Å². The molecule has 1 saturated carbocycles. The van der Waals surface area contributed by atoms with E-state index in [1.165, 1.54) is 17.0 Å². The summed E-state index contributed by atoms with van der Waals surface area (Å²) in [6, 6.07) is 16.5. The van der Waals surface area contributed by atoms with E-state index in [2.05, 4.69) is 5.32 Å². The molecule has 0 amide bonds. The quantitative estimate of drug-likeness (QED) is 0.269. The Morgan fingerprint density at radius 2 is 1.60 bits per heavy atom. The molecule has 1 N–H and O–H groups in total. The molecule has 6 rings (SSSR count). The highest BCUT2D eigenvalue weighted by molar-refractivity contribution is 5.46. The first-order valence-electron chi connectivity index (χ1n) is 15.5. The van der Waals surface area contributed by atoms with Crippen LogP contribution in [0.3, 0.4) is 0 Å². The van der Waals surface area contributed by atoms with Crippen LogP contribution in [-0.2, 0) is 13.0 Å². The molecular formula is C35H40F4N2O2. The number of hydrogen-bond donors (Lipinski definition) is 1. The maximum absolute atomic E-state index is 15.9. The van der Waals surface area contributed by atoms with Gasteiger partial charge in [-0.15, -0.1) is 0 Å². The first-order chi connectivity index (χ1) is 20.7. The molecule has 1 spiro atoms. The Morgan fingerprint density at radius 1 is 0.907 bits per heavy atom. The van der Waals surface area contributed by atoms with Crippen molar-refractivity contribution in [3.8, 4) is 11.5 Å². The fourth-order valence-corrected chi connectivity index (χ4v) is 7.21. The van der Waals surface area contributed by atoms with Crippen molar-refractivity contribution < 1.29 is 27.0 Å². The van der Waals surface area contributed by atoms with Crippen LogP contribution in [-0.4, -0.2) is 43.1 Å². The Morgan fingerprint density at radius 3 is 2.28 bits per heavy atom. The highest BCUT2D eigenvalue weighted by Crippen LogP contribution is 2.45. The number of rotatable bonds is 8. The molecular weight excluding hydrogens is 556 g/mol. The van der Waals surface area contributed by atoms with Crippen molar-refractivity contribution in [2.75, 3.05) is 26.2 Å². The second-order valence-corrected chi connectivity index (χ2v) is 12.7. The lowest BCUT2D eigenvalue weighted by Crippen LogP contribution is -2.43. The number of piperidine rings is 1. The average molecular weight is 597 g/mol. The van der Waals surface area contributed by atoms with Gasteiger partial charge in [0.15, 0.2) is 0 Å². The summed E-state index contributed by atoms with van der Waals surface area (Å²) in [5.41, 5.74) is 2.58. The van der Waals surface area contributed by atoms with Crippen molar-refractivity contribution in [1.82, 2.24) is 10.2 Å². The number of hydrogen-bond acceptors (Lipinski definition) is 4. The van der Waals surface area contributed by atoms with Crippen molar-refractivity contribution in [2.24, 2.45) is 5.41 Å². The molecule has 1 aliphatic carbocycles. The minimum absolute atomic E-state index is 0.0924. The van der Waals surface area contributed by atoms with Gasteiger partial charge in [-0.2, -0.15) is 0 Å². The summed E-state index contributed by atoms with van der Waals surface area (Å²) < 4.78 is 72.4. The Bertz CT molecular complexity index is 1370. The Kier molecular flexibility index (Phi) is 8.70. The van der Waals surface area contributed by atoms with Crippen LogP contribution in [0.5, 0.6) is 11.5 Å². The van der Waals surface area contributed by atoms with Crippen LogP contribution in [0.25, 0.3) is 0 Å². The lowest BCUT2D eigenvalue weighted by atomic mass is 9.68. The number of fused-ring (bicyclic) bond motifs is 1. The maximum atomic E-state index is 15.9. The smallest absolute Gasteiger partial charge is 0.257 e. The van der Waals surface area contributed by atoms with Gasteiger partial charge in [-0.3, -0.25) is 4.90 Å². The molecule has 1 saturated heterocycles. The zero-order valence-electron chi connectivity index (χ0n) is 24.7. The van der Waals surface area contributed by atoms with E-state index in [0.717, 1.165) is 69.7 Å². The molecule has 1 atom stereocenters. The third kappa shape index (κ3) is 7.01. The van der Waals surface area contributed by atoms with Crippen molar-refractivity contribution in [3.63, 3.8) is 0 Å². The fraction of sp³-hybridized carbons (Fsp3) is 0.486. The minimum atomic E-state index is -3.03. The monoisotopic (exact) mass is 596 g/mol. The molecule has 43 heavy (non-hydrogen) atoms. The molecule has 230 valence electrons. The summed E-state index contributed by atoms with van der Waals surface area (Å²) in [5.74, 6) is -3.83. The topological polar surface area (TPSA) is 33.7 Å². The maximum Gasteiger partial charge on any atom is 0.257 e. The normalized spacial score (nSPS) is 21.0. The predicted molar refractivity (Wildman–Crippen MR) is 159 cm³/mol. The molecule has 8 heteroatoms. The molecule has 0 aromatic heterocycles. The van der Waals surface area contributed by atoms with Crippen LogP contribution in [0.15, 0.2) is 60.7 Å². The zero-order valence-corrected chi connectivity index (χ0v) is 24.7.